The summed E-state index contributed by atoms with van der Waals surface area (Å²) in [5, 5.41) is 11.1. The Morgan fingerprint density at radius 3 is 2.48 bits per heavy atom. The third-order valence-electron chi connectivity index (χ3n) is 5.54. The van der Waals surface area contributed by atoms with Crippen molar-refractivity contribution in [3.05, 3.63) is 75.8 Å². The second-order valence-corrected chi connectivity index (χ2v) is 10.1. The van der Waals surface area contributed by atoms with Crippen molar-refractivity contribution in [1.29, 1.82) is 0 Å². The van der Waals surface area contributed by atoms with Gasteiger partial charge in [-0.2, -0.15) is 13.2 Å². The molecular weight excluding hydrogens is 478 g/mol. The highest BCUT2D eigenvalue weighted by Gasteiger charge is 2.63. The molecule has 0 bridgehead atoms. The van der Waals surface area contributed by atoms with E-state index in [2.05, 4.69) is 4.98 Å². The summed E-state index contributed by atoms with van der Waals surface area (Å²) in [6, 6.07) is 12.1. The van der Waals surface area contributed by atoms with Crippen molar-refractivity contribution < 1.29 is 27.1 Å². The van der Waals surface area contributed by atoms with Crippen molar-refractivity contribution in [3.8, 4) is 11.1 Å². The van der Waals surface area contributed by atoms with Crippen LogP contribution in [0.3, 0.4) is 0 Å². The average Bonchev–Trinajstić information content (AvgIpc) is 3.51. The number of hydrogen-bond acceptors (Lipinski definition) is 6. The van der Waals surface area contributed by atoms with Crippen molar-refractivity contribution >= 4 is 34.1 Å². The fraction of sp³-hybridized carbons (Fsp3) is 0.217. The van der Waals surface area contributed by atoms with Crippen molar-refractivity contribution in [3.63, 3.8) is 0 Å². The zero-order valence-electron chi connectivity index (χ0n) is 16.7. The first-order chi connectivity index (χ1) is 15.6. The number of rotatable bonds is 5. The van der Waals surface area contributed by atoms with Crippen LogP contribution >= 0.6 is 23.1 Å². The normalized spacial score (nSPS) is 16.2. The molecule has 5 rings (SSSR count). The highest BCUT2D eigenvalue weighted by atomic mass is 32.2. The summed E-state index contributed by atoms with van der Waals surface area (Å²) in [7, 11) is 0. The van der Waals surface area contributed by atoms with Crippen LogP contribution in [0.15, 0.2) is 73.2 Å². The molecule has 1 atom stereocenters. The summed E-state index contributed by atoms with van der Waals surface area (Å²) in [4.78, 5) is 16.5. The van der Waals surface area contributed by atoms with Crippen LogP contribution in [0, 0.1) is 11.7 Å². The number of alkyl halides is 3. The lowest BCUT2D eigenvalue weighted by molar-refractivity contribution is -0.274. The average molecular weight is 494 g/mol. The van der Waals surface area contributed by atoms with Gasteiger partial charge in [-0.25, -0.2) is 14.2 Å². The number of benzene rings is 2. The SMILES string of the molecule is O=c1cc(-c2ccc(F)cc2)c2ccc(Sc3ncc(C(O)(C4CC4)C(F)(F)F)s3)cc2o1. The van der Waals surface area contributed by atoms with Gasteiger partial charge in [-0.05, 0) is 54.3 Å². The first-order valence-electron chi connectivity index (χ1n) is 9.92. The minimum Gasteiger partial charge on any atom is -0.423 e. The molecule has 4 aromatic rings. The fourth-order valence-electron chi connectivity index (χ4n) is 3.73. The molecule has 4 nitrogen and oxygen atoms in total. The molecular formula is C23H15F4NO3S2. The monoisotopic (exact) mass is 493 g/mol. The molecule has 1 unspecified atom stereocenters. The second kappa shape index (κ2) is 7.96. The number of nitrogens with zero attached hydrogens (tertiary/aromatic N) is 1. The Balaban J connectivity index is 1.47. The van der Waals surface area contributed by atoms with Crippen LogP contribution in [-0.4, -0.2) is 16.3 Å². The van der Waals surface area contributed by atoms with Gasteiger partial charge in [-0.15, -0.1) is 11.3 Å². The number of aliphatic hydroxyl groups is 1. The van der Waals surface area contributed by atoms with Crippen molar-refractivity contribution in [1.82, 2.24) is 4.98 Å². The quantitative estimate of drug-likeness (QED) is 0.259. The van der Waals surface area contributed by atoms with Gasteiger partial charge in [-0.1, -0.05) is 23.9 Å². The highest BCUT2D eigenvalue weighted by molar-refractivity contribution is 8.01. The number of thiazole rings is 1. The van der Waals surface area contributed by atoms with E-state index in [1.165, 1.54) is 18.2 Å². The molecule has 1 aliphatic rings. The molecule has 0 spiro atoms. The van der Waals surface area contributed by atoms with E-state index in [1.807, 2.05) is 0 Å². The zero-order chi connectivity index (χ0) is 23.4. The van der Waals surface area contributed by atoms with Gasteiger partial charge in [0.1, 0.15) is 11.4 Å². The molecule has 2 heterocycles. The molecule has 2 aromatic heterocycles. The molecule has 1 saturated carbocycles. The molecule has 0 amide bonds. The van der Waals surface area contributed by atoms with E-state index in [1.54, 1.807) is 30.3 Å². The molecule has 1 N–H and O–H groups in total. The predicted molar refractivity (Wildman–Crippen MR) is 117 cm³/mol. The number of hydrogen-bond donors (Lipinski definition) is 1. The van der Waals surface area contributed by atoms with Crippen molar-refractivity contribution in [2.45, 2.75) is 33.9 Å². The minimum absolute atomic E-state index is 0.231. The molecule has 0 aliphatic heterocycles. The molecule has 1 aliphatic carbocycles. The van der Waals surface area contributed by atoms with E-state index >= 15 is 0 Å². The van der Waals surface area contributed by atoms with E-state index in [0.29, 0.717) is 38.6 Å². The van der Waals surface area contributed by atoms with Crippen LogP contribution < -0.4 is 5.63 Å². The first kappa shape index (κ1) is 22.1. The van der Waals surface area contributed by atoms with Crippen LogP contribution in [0.2, 0.25) is 0 Å². The largest absolute Gasteiger partial charge is 0.423 e. The molecule has 33 heavy (non-hydrogen) atoms. The molecule has 0 radical (unpaired) electrons. The van der Waals surface area contributed by atoms with Gasteiger partial charge in [0.25, 0.3) is 0 Å². The molecule has 10 heteroatoms. The van der Waals surface area contributed by atoms with Gasteiger partial charge >= 0.3 is 11.8 Å². The molecule has 170 valence electrons. The summed E-state index contributed by atoms with van der Waals surface area (Å²) in [5.74, 6) is -1.25. The standard InChI is InChI=1S/C23H15F4NO3S2/c24-14-5-1-12(2-6-14)17-10-20(29)31-18-9-15(7-8-16(17)18)32-21-28-11-19(33-21)22(30,13-3-4-13)23(25,26)27/h1-2,5-11,13,30H,3-4H2. The number of fused-ring (bicyclic) bond motifs is 1. The Hall–Kier alpha value is -2.69. The van der Waals surface area contributed by atoms with Gasteiger partial charge in [0, 0.05) is 28.5 Å². The Morgan fingerprint density at radius 1 is 1.09 bits per heavy atom. The first-order valence-corrected chi connectivity index (χ1v) is 11.6. The van der Waals surface area contributed by atoms with E-state index < -0.39 is 29.1 Å². The maximum Gasteiger partial charge on any atom is 0.422 e. The summed E-state index contributed by atoms with van der Waals surface area (Å²) < 4.78 is 59.7. The van der Waals surface area contributed by atoms with Gasteiger partial charge in [0.15, 0.2) is 9.94 Å². The second-order valence-electron chi connectivity index (χ2n) is 7.77. The Labute approximate surface area is 192 Å². The Morgan fingerprint density at radius 2 is 1.82 bits per heavy atom. The molecule has 0 saturated heterocycles. The van der Waals surface area contributed by atoms with E-state index in [-0.39, 0.29) is 10.5 Å². The third kappa shape index (κ3) is 4.07. The molecule has 1 fully saturated rings. The Bertz CT molecular complexity index is 1390. The van der Waals surface area contributed by atoms with Crippen LogP contribution in [0.4, 0.5) is 17.6 Å². The zero-order valence-corrected chi connectivity index (χ0v) is 18.4. The maximum absolute atomic E-state index is 13.6. The van der Waals surface area contributed by atoms with Crippen LogP contribution in [-0.2, 0) is 5.60 Å². The fourth-order valence-corrected chi connectivity index (χ4v) is 5.90. The smallest absolute Gasteiger partial charge is 0.422 e. The molecule has 2 aromatic carbocycles. The topological polar surface area (TPSA) is 63.3 Å². The van der Waals surface area contributed by atoms with Crippen molar-refractivity contribution in [2.75, 3.05) is 0 Å². The summed E-state index contributed by atoms with van der Waals surface area (Å²) in [6.45, 7) is 0. The minimum atomic E-state index is -4.79. The summed E-state index contributed by atoms with van der Waals surface area (Å²) in [6.07, 6.45) is -3.08. The van der Waals surface area contributed by atoms with E-state index in [0.717, 1.165) is 29.3 Å². The lowest BCUT2D eigenvalue weighted by Crippen LogP contribution is -2.43. The Kier molecular flexibility index (Phi) is 5.34. The van der Waals surface area contributed by atoms with E-state index in [4.69, 9.17) is 4.42 Å². The summed E-state index contributed by atoms with van der Waals surface area (Å²) >= 11 is 1.90. The van der Waals surface area contributed by atoms with Crippen molar-refractivity contribution in [2.24, 2.45) is 5.92 Å². The number of aromatic nitrogens is 1. The predicted octanol–water partition coefficient (Wildman–Crippen LogP) is 6.37. The van der Waals surface area contributed by atoms with Gasteiger partial charge in [0.05, 0.1) is 4.88 Å². The maximum atomic E-state index is 13.6. The van der Waals surface area contributed by atoms with Gasteiger partial charge in [-0.3, -0.25) is 0 Å². The van der Waals surface area contributed by atoms with Gasteiger partial charge in [0.2, 0.25) is 0 Å². The van der Waals surface area contributed by atoms with E-state index in [9.17, 15) is 27.5 Å². The lowest BCUT2D eigenvalue weighted by atomic mass is 9.96. The van der Waals surface area contributed by atoms with Crippen LogP contribution in [0.1, 0.15) is 17.7 Å². The summed E-state index contributed by atoms with van der Waals surface area (Å²) in [5.41, 5.74) is -1.96. The third-order valence-corrected chi connectivity index (χ3v) is 7.72. The van der Waals surface area contributed by atoms with Gasteiger partial charge < -0.3 is 9.52 Å². The number of halogens is 4. The lowest BCUT2D eigenvalue weighted by Gasteiger charge is -2.29. The van der Waals surface area contributed by atoms with Crippen LogP contribution in [0.5, 0.6) is 0 Å². The van der Waals surface area contributed by atoms with Crippen LogP contribution in [0.25, 0.3) is 22.1 Å². The highest BCUT2D eigenvalue weighted by Crippen LogP contribution is 2.55.